The maximum Gasteiger partial charge on any atom is 0.290 e. The molecule has 8 heteroatoms. The number of carbonyl (C=O) groups is 2. The fourth-order valence-electron chi connectivity index (χ4n) is 3.82. The number of aliphatic hydroxyl groups excluding tert-OH is 1. The number of nitrogens with zero attached hydrogens (tertiary/aromatic N) is 2. The number of ketones is 1. The summed E-state index contributed by atoms with van der Waals surface area (Å²) in [5.41, 5.74) is 0.664. The van der Waals surface area contributed by atoms with Gasteiger partial charge in [0.05, 0.1) is 30.7 Å². The Morgan fingerprint density at radius 2 is 1.94 bits per heavy atom. The predicted molar refractivity (Wildman–Crippen MR) is 120 cm³/mol. The molecule has 0 aliphatic carbocycles. The third-order valence-electron chi connectivity index (χ3n) is 5.58. The van der Waals surface area contributed by atoms with Gasteiger partial charge in [0.2, 0.25) is 5.78 Å². The molecule has 1 atom stereocenters. The number of rotatable bonds is 10. The van der Waals surface area contributed by atoms with E-state index in [1.807, 2.05) is 0 Å². The second kappa shape index (κ2) is 9.98. The van der Waals surface area contributed by atoms with E-state index in [1.165, 1.54) is 18.4 Å². The van der Waals surface area contributed by atoms with Crippen LogP contribution in [0.2, 0.25) is 0 Å². The SMILES string of the molecule is CCN(CC)CCN1C(=O)C(O)=C(C(=O)c2cccs2)[C@H]1c1cc(OC)ccc1OC. The van der Waals surface area contributed by atoms with Gasteiger partial charge >= 0.3 is 0 Å². The van der Waals surface area contributed by atoms with Crippen molar-refractivity contribution < 1.29 is 24.2 Å². The van der Waals surface area contributed by atoms with Crippen LogP contribution in [-0.2, 0) is 4.79 Å². The molecule has 0 spiro atoms. The fourth-order valence-corrected chi connectivity index (χ4v) is 4.50. The molecular weight excluding hydrogens is 416 g/mol. The summed E-state index contributed by atoms with van der Waals surface area (Å²) in [6.07, 6.45) is 0. The van der Waals surface area contributed by atoms with Crippen molar-refractivity contribution in [2.75, 3.05) is 40.4 Å². The van der Waals surface area contributed by atoms with E-state index < -0.39 is 17.7 Å². The van der Waals surface area contributed by atoms with Gasteiger partial charge in [-0.1, -0.05) is 19.9 Å². The highest BCUT2D eigenvalue weighted by molar-refractivity contribution is 7.12. The Balaban J connectivity index is 2.11. The van der Waals surface area contributed by atoms with Gasteiger partial charge in [-0.2, -0.15) is 0 Å². The van der Waals surface area contributed by atoms with Crippen molar-refractivity contribution in [2.45, 2.75) is 19.9 Å². The maximum atomic E-state index is 13.3. The molecule has 1 aromatic carbocycles. The van der Waals surface area contributed by atoms with Crippen molar-refractivity contribution in [2.24, 2.45) is 0 Å². The van der Waals surface area contributed by atoms with Crippen LogP contribution < -0.4 is 9.47 Å². The van der Waals surface area contributed by atoms with Crippen LogP contribution in [0.4, 0.5) is 0 Å². The number of methoxy groups -OCH3 is 2. The summed E-state index contributed by atoms with van der Waals surface area (Å²) in [5, 5.41) is 12.6. The largest absolute Gasteiger partial charge is 0.503 e. The zero-order valence-electron chi connectivity index (χ0n) is 18.3. The summed E-state index contributed by atoms with van der Waals surface area (Å²) < 4.78 is 10.9. The average molecular weight is 445 g/mol. The maximum absolute atomic E-state index is 13.3. The molecule has 2 heterocycles. The zero-order valence-corrected chi connectivity index (χ0v) is 19.1. The van der Waals surface area contributed by atoms with E-state index in [-0.39, 0.29) is 11.4 Å². The number of thiophene rings is 1. The molecule has 0 radical (unpaired) electrons. The zero-order chi connectivity index (χ0) is 22.5. The molecule has 1 N–H and O–H groups in total. The predicted octanol–water partition coefficient (Wildman–Crippen LogP) is 3.69. The minimum atomic E-state index is -0.775. The van der Waals surface area contributed by atoms with Crippen molar-refractivity contribution in [3.05, 3.63) is 57.5 Å². The first-order chi connectivity index (χ1) is 15.0. The molecule has 1 amide bonds. The molecule has 1 aromatic heterocycles. The van der Waals surface area contributed by atoms with Crippen molar-refractivity contribution in [1.29, 1.82) is 0 Å². The van der Waals surface area contributed by atoms with Gasteiger partial charge in [-0.15, -0.1) is 11.3 Å². The number of likely N-dealkylation sites (N-methyl/N-ethyl adjacent to an activating group) is 1. The van der Waals surface area contributed by atoms with Crippen LogP contribution in [0.3, 0.4) is 0 Å². The summed E-state index contributed by atoms with van der Waals surface area (Å²) >= 11 is 1.27. The second-order valence-corrected chi connectivity index (χ2v) is 8.05. The molecule has 3 rings (SSSR count). The smallest absolute Gasteiger partial charge is 0.290 e. The fraction of sp³-hybridized carbons (Fsp3) is 0.391. The topological polar surface area (TPSA) is 79.3 Å². The van der Waals surface area contributed by atoms with Crippen LogP contribution in [0.1, 0.15) is 35.1 Å². The minimum Gasteiger partial charge on any atom is -0.503 e. The van der Waals surface area contributed by atoms with Crippen molar-refractivity contribution >= 4 is 23.0 Å². The van der Waals surface area contributed by atoms with Crippen LogP contribution in [0.5, 0.6) is 11.5 Å². The lowest BCUT2D eigenvalue weighted by Gasteiger charge is -2.30. The van der Waals surface area contributed by atoms with E-state index in [1.54, 1.807) is 47.7 Å². The molecular formula is C23H28N2O5S. The molecule has 0 saturated heterocycles. The lowest BCUT2D eigenvalue weighted by molar-refractivity contribution is -0.129. The van der Waals surface area contributed by atoms with Crippen molar-refractivity contribution in [3.8, 4) is 11.5 Å². The van der Waals surface area contributed by atoms with E-state index in [9.17, 15) is 14.7 Å². The lowest BCUT2D eigenvalue weighted by atomic mass is 9.94. The molecule has 2 aromatic rings. The first-order valence-electron chi connectivity index (χ1n) is 10.2. The van der Waals surface area contributed by atoms with Crippen LogP contribution in [-0.4, -0.2) is 67.0 Å². The van der Waals surface area contributed by atoms with Gasteiger partial charge < -0.3 is 24.4 Å². The standard InChI is InChI=1S/C23H28N2O5S/c1-5-24(6-2)11-12-25-20(16-14-15(29-3)9-10-17(16)30-4)19(22(27)23(25)28)21(26)18-8-7-13-31-18/h7-10,13-14,20,27H,5-6,11-12H2,1-4H3/t20-/m1/s1. The quantitative estimate of drug-likeness (QED) is 0.563. The van der Waals surface area contributed by atoms with Crippen LogP contribution in [0, 0.1) is 0 Å². The van der Waals surface area contributed by atoms with Gasteiger partial charge in [0.25, 0.3) is 5.91 Å². The van der Waals surface area contributed by atoms with Gasteiger partial charge in [-0.05, 0) is 42.7 Å². The molecule has 1 aliphatic heterocycles. The van der Waals surface area contributed by atoms with Crippen LogP contribution >= 0.6 is 11.3 Å². The van der Waals surface area contributed by atoms with E-state index in [0.29, 0.717) is 35.0 Å². The third-order valence-corrected chi connectivity index (χ3v) is 6.44. The summed E-state index contributed by atoms with van der Waals surface area (Å²) in [7, 11) is 3.08. The van der Waals surface area contributed by atoms with Gasteiger partial charge in [-0.3, -0.25) is 9.59 Å². The Bertz CT molecular complexity index is 966. The van der Waals surface area contributed by atoms with Crippen LogP contribution in [0.15, 0.2) is 47.0 Å². The van der Waals surface area contributed by atoms with Crippen molar-refractivity contribution in [1.82, 2.24) is 9.80 Å². The molecule has 1 aliphatic rings. The van der Waals surface area contributed by atoms with Gasteiger partial charge in [0.1, 0.15) is 11.5 Å². The summed E-state index contributed by atoms with van der Waals surface area (Å²) in [4.78, 5) is 30.6. The molecule has 0 bridgehead atoms. The first-order valence-corrected chi connectivity index (χ1v) is 11.1. The number of carbonyl (C=O) groups excluding carboxylic acids is 2. The summed E-state index contributed by atoms with van der Waals surface area (Å²) in [6.45, 7) is 6.77. The average Bonchev–Trinajstić information content (AvgIpc) is 3.41. The number of Topliss-reactive ketones (excluding diaryl/α,β-unsaturated/α-hetero) is 1. The molecule has 0 unspecified atom stereocenters. The molecule has 166 valence electrons. The highest BCUT2D eigenvalue weighted by Crippen LogP contribution is 2.43. The molecule has 0 saturated carbocycles. The Kier molecular flexibility index (Phi) is 7.35. The second-order valence-electron chi connectivity index (χ2n) is 7.10. The van der Waals surface area contributed by atoms with Gasteiger partial charge in [-0.25, -0.2) is 0 Å². The van der Waals surface area contributed by atoms with E-state index in [2.05, 4.69) is 18.7 Å². The first kappa shape index (κ1) is 22.8. The number of benzene rings is 1. The highest BCUT2D eigenvalue weighted by Gasteiger charge is 2.45. The van der Waals surface area contributed by atoms with Crippen LogP contribution in [0.25, 0.3) is 0 Å². The van der Waals surface area contributed by atoms with Crippen molar-refractivity contribution in [3.63, 3.8) is 0 Å². The number of hydrogen-bond donors (Lipinski definition) is 1. The van der Waals surface area contributed by atoms with E-state index in [0.717, 1.165) is 13.1 Å². The third kappa shape index (κ3) is 4.45. The Morgan fingerprint density at radius 3 is 2.52 bits per heavy atom. The van der Waals surface area contributed by atoms with Gasteiger partial charge in [0.15, 0.2) is 5.76 Å². The number of aliphatic hydroxyl groups is 1. The van der Waals surface area contributed by atoms with E-state index >= 15 is 0 Å². The number of ether oxygens (including phenoxy) is 2. The molecule has 0 fully saturated rings. The normalized spacial score (nSPS) is 16.4. The number of hydrogen-bond acceptors (Lipinski definition) is 7. The highest BCUT2D eigenvalue weighted by atomic mass is 32.1. The summed E-state index contributed by atoms with van der Waals surface area (Å²) in [6, 6.07) is 7.93. The number of amides is 1. The van der Waals surface area contributed by atoms with Gasteiger partial charge in [0, 0.05) is 18.7 Å². The Labute approximate surface area is 186 Å². The minimum absolute atomic E-state index is 0.0681. The monoisotopic (exact) mass is 444 g/mol. The summed E-state index contributed by atoms with van der Waals surface area (Å²) in [5.74, 6) is -0.338. The van der Waals surface area contributed by atoms with E-state index in [4.69, 9.17) is 9.47 Å². The molecule has 31 heavy (non-hydrogen) atoms. The lowest BCUT2D eigenvalue weighted by Crippen LogP contribution is -2.38. The molecule has 7 nitrogen and oxygen atoms in total. The Morgan fingerprint density at radius 1 is 1.19 bits per heavy atom. The Hall–Kier alpha value is -2.84.